The van der Waals surface area contributed by atoms with Gasteiger partial charge in [-0.3, -0.25) is 4.79 Å². The van der Waals surface area contributed by atoms with Gasteiger partial charge in [-0.25, -0.2) is 0 Å². The third kappa shape index (κ3) is 2.27. The Kier molecular flexibility index (Phi) is 2.80. The fourth-order valence-corrected chi connectivity index (χ4v) is 1.85. The third-order valence-corrected chi connectivity index (χ3v) is 3.11. The first-order valence-corrected chi connectivity index (χ1v) is 4.63. The number of halogens is 4. The number of carboxylic acids is 1. The highest BCUT2D eigenvalue weighted by molar-refractivity contribution is 6.30. The highest BCUT2D eigenvalue weighted by Crippen LogP contribution is 2.60. The molecule has 2 atom stereocenters. The Bertz CT molecular complexity index is 320. The van der Waals surface area contributed by atoms with Crippen LogP contribution in [0.3, 0.4) is 0 Å². The molecular formula is C9H10ClF3O2. The predicted octanol–water partition coefficient (Wildman–Crippen LogP) is 3.03. The number of carbonyl (C=O) groups is 1. The van der Waals surface area contributed by atoms with Gasteiger partial charge in [0.25, 0.3) is 0 Å². The Balaban J connectivity index is 2.83. The zero-order chi connectivity index (χ0) is 12.0. The first-order chi connectivity index (χ1) is 6.58. The lowest BCUT2D eigenvalue weighted by Crippen LogP contribution is -2.07. The molecule has 1 fully saturated rings. The summed E-state index contributed by atoms with van der Waals surface area (Å²) in [5.74, 6) is -2.52. The van der Waals surface area contributed by atoms with E-state index in [1.807, 2.05) is 0 Å². The molecule has 15 heavy (non-hydrogen) atoms. The summed E-state index contributed by atoms with van der Waals surface area (Å²) >= 11 is 5.03. The summed E-state index contributed by atoms with van der Waals surface area (Å²) in [6, 6.07) is 0. The number of allylic oxidation sites excluding steroid dienone is 2. The Morgan fingerprint density at radius 3 is 2.20 bits per heavy atom. The van der Waals surface area contributed by atoms with Gasteiger partial charge in [0.15, 0.2) is 0 Å². The van der Waals surface area contributed by atoms with Crippen LogP contribution < -0.4 is 0 Å². The van der Waals surface area contributed by atoms with E-state index in [9.17, 15) is 18.0 Å². The second-order valence-corrected chi connectivity index (χ2v) is 4.58. The first-order valence-electron chi connectivity index (χ1n) is 4.26. The van der Waals surface area contributed by atoms with Gasteiger partial charge in [-0.15, -0.1) is 0 Å². The van der Waals surface area contributed by atoms with Gasteiger partial charge in [0.05, 0.1) is 5.92 Å². The molecule has 0 saturated heterocycles. The molecule has 1 N–H and O–H groups in total. The molecule has 0 bridgehead atoms. The Morgan fingerprint density at radius 1 is 1.47 bits per heavy atom. The molecule has 6 heteroatoms. The number of hydrogen-bond donors (Lipinski definition) is 1. The first kappa shape index (κ1) is 12.4. The summed E-state index contributed by atoms with van der Waals surface area (Å²) in [6.07, 6.45) is -3.80. The summed E-state index contributed by atoms with van der Waals surface area (Å²) in [5.41, 5.74) is -0.656. The fraction of sp³-hybridized carbons (Fsp3) is 0.667. The molecule has 0 amide bonds. The highest BCUT2D eigenvalue weighted by Gasteiger charge is 2.61. The van der Waals surface area contributed by atoms with Crippen LogP contribution in [-0.2, 0) is 4.79 Å². The van der Waals surface area contributed by atoms with Crippen LogP contribution >= 0.6 is 11.6 Å². The lowest BCUT2D eigenvalue weighted by molar-refractivity contribution is -0.139. The molecule has 1 saturated carbocycles. The zero-order valence-corrected chi connectivity index (χ0v) is 8.86. The molecule has 86 valence electrons. The molecule has 0 radical (unpaired) electrons. The van der Waals surface area contributed by atoms with Crippen molar-refractivity contribution in [3.63, 3.8) is 0 Å². The molecule has 0 aromatic carbocycles. The SMILES string of the molecule is CC1(C)[C@H](/C=C(/Cl)C(F)(F)F)[C@H]1C(=O)O. The molecule has 0 aromatic rings. The lowest BCUT2D eigenvalue weighted by Gasteiger charge is -2.04. The topological polar surface area (TPSA) is 37.3 Å². The smallest absolute Gasteiger partial charge is 0.426 e. The monoisotopic (exact) mass is 242 g/mol. The second kappa shape index (κ2) is 3.40. The van der Waals surface area contributed by atoms with Crippen molar-refractivity contribution in [1.29, 1.82) is 0 Å². The van der Waals surface area contributed by atoms with E-state index >= 15 is 0 Å². The zero-order valence-electron chi connectivity index (χ0n) is 8.10. The quantitative estimate of drug-likeness (QED) is 0.808. The number of carboxylic acid groups (broad SMARTS) is 1. The van der Waals surface area contributed by atoms with Crippen molar-refractivity contribution in [2.24, 2.45) is 17.3 Å². The summed E-state index contributed by atoms with van der Waals surface area (Å²) in [5, 5.41) is 7.48. The summed E-state index contributed by atoms with van der Waals surface area (Å²) in [7, 11) is 0. The van der Waals surface area contributed by atoms with Crippen LogP contribution in [0.5, 0.6) is 0 Å². The van der Waals surface area contributed by atoms with Crippen molar-refractivity contribution in [3.05, 3.63) is 11.1 Å². The van der Waals surface area contributed by atoms with Crippen LogP contribution in [0.15, 0.2) is 11.1 Å². The molecule has 0 aromatic heterocycles. The van der Waals surface area contributed by atoms with Gasteiger partial charge in [0.1, 0.15) is 5.03 Å². The fourth-order valence-electron chi connectivity index (χ4n) is 1.71. The minimum absolute atomic E-state index is 0.649. The van der Waals surface area contributed by atoms with E-state index in [1.165, 1.54) is 0 Å². The van der Waals surface area contributed by atoms with E-state index in [2.05, 4.69) is 0 Å². The van der Waals surface area contributed by atoms with Crippen molar-refractivity contribution < 1.29 is 23.1 Å². The normalized spacial score (nSPS) is 30.1. The average Bonchev–Trinajstić information content (AvgIpc) is 2.50. The van der Waals surface area contributed by atoms with Crippen molar-refractivity contribution >= 4 is 17.6 Å². The van der Waals surface area contributed by atoms with E-state index in [0.717, 1.165) is 6.08 Å². The Hall–Kier alpha value is -0.710. The van der Waals surface area contributed by atoms with E-state index in [4.69, 9.17) is 16.7 Å². The van der Waals surface area contributed by atoms with Crippen LogP contribution in [0.1, 0.15) is 13.8 Å². The second-order valence-electron chi connectivity index (χ2n) is 4.18. The van der Waals surface area contributed by atoms with Gasteiger partial charge in [-0.2, -0.15) is 13.2 Å². The highest BCUT2D eigenvalue weighted by atomic mass is 35.5. The molecular weight excluding hydrogens is 233 g/mol. The van der Waals surface area contributed by atoms with E-state index < -0.39 is 34.4 Å². The van der Waals surface area contributed by atoms with Crippen molar-refractivity contribution in [3.8, 4) is 0 Å². The van der Waals surface area contributed by atoms with Crippen LogP contribution in [0, 0.1) is 17.3 Å². The van der Waals surface area contributed by atoms with Crippen LogP contribution in [-0.4, -0.2) is 17.3 Å². The molecule has 0 spiro atoms. The molecule has 1 aliphatic carbocycles. The molecule has 1 rings (SSSR count). The average molecular weight is 243 g/mol. The van der Waals surface area contributed by atoms with Crippen molar-refractivity contribution in [1.82, 2.24) is 0 Å². The minimum Gasteiger partial charge on any atom is -0.481 e. The van der Waals surface area contributed by atoms with Gasteiger partial charge < -0.3 is 5.11 Å². The molecule has 1 aliphatic rings. The van der Waals surface area contributed by atoms with Gasteiger partial charge in [-0.1, -0.05) is 31.5 Å². The van der Waals surface area contributed by atoms with Crippen LogP contribution in [0.25, 0.3) is 0 Å². The largest absolute Gasteiger partial charge is 0.481 e. The van der Waals surface area contributed by atoms with Gasteiger partial charge in [-0.05, 0) is 11.3 Å². The van der Waals surface area contributed by atoms with Crippen molar-refractivity contribution in [2.45, 2.75) is 20.0 Å². The van der Waals surface area contributed by atoms with Crippen LogP contribution in [0.4, 0.5) is 13.2 Å². The van der Waals surface area contributed by atoms with E-state index in [1.54, 1.807) is 13.8 Å². The Morgan fingerprint density at radius 2 is 1.93 bits per heavy atom. The Labute approximate surface area is 89.7 Å². The summed E-state index contributed by atoms with van der Waals surface area (Å²) in [6.45, 7) is 3.21. The van der Waals surface area contributed by atoms with Gasteiger partial charge in [0.2, 0.25) is 0 Å². The maximum absolute atomic E-state index is 12.1. The summed E-state index contributed by atoms with van der Waals surface area (Å²) < 4.78 is 36.2. The van der Waals surface area contributed by atoms with E-state index in [-0.39, 0.29) is 0 Å². The number of aliphatic carboxylic acids is 1. The standard InChI is InChI=1S/C9H10ClF3O2/c1-8(2)4(6(8)7(14)15)3-5(10)9(11,12)13/h3-4,6H,1-2H3,(H,14,15)/b5-3+/t4-,6+/m1/s1. The van der Waals surface area contributed by atoms with Crippen LogP contribution in [0.2, 0.25) is 0 Å². The molecule has 0 aliphatic heterocycles. The number of rotatable bonds is 2. The predicted molar refractivity (Wildman–Crippen MR) is 48.4 cm³/mol. The number of alkyl halides is 3. The maximum Gasteiger partial charge on any atom is 0.426 e. The minimum atomic E-state index is -4.59. The summed E-state index contributed by atoms with van der Waals surface area (Å²) in [4.78, 5) is 10.7. The molecule has 0 heterocycles. The number of hydrogen-bond acceptors (Lipinski definition) is 1. The van der Waals surface area contributed by atoms with Gasteiger partial charge in [0, 0.05) is 0 Å². The third-order valence-electron chi connectivity index (χ3n) is 2.77. The lowest BCUT2D eigenvalue weighted by atomic mass is 10.1. The molecule has 0 unspecified atom stereocenters. The van der Waals surface area contributed by atoms with Gasteiger partial charge >= 0.3 is 12.1 Å². The maximum atomic E-state index is 12.1. The molecule has 2 nitrogen and oxygen atoms in total. The van der Waals surface area contributed by atoms with Crippen molar-refractivity contribution in [2.75, 3.05) is 0 Å². The van der Waals surface area contributed by atoms with E-state index in [0.29, 0.717) is 0 Å².